The zero-order chi connectivity index (χ0) is 15.4. The van der Waals surface area contributed by atoms with Gasteiger partial charge in [0.1, 0.15) is 4.99 Å². The quantitative estimate of drug-likeness (QED) is 0.758. The van der Waals surface area contributed by atoms with E-state index >= 15 is 0 Å². The average molecular weight is 299 g/mol. The van der Waals surface area contributed by atoms with Crippen molar-refractivity contribution in [3.63, 3.8) is 0 Å². The van der Waals surface area contributed by atoms with Crippen LogP contribution in [-0.4, -0.2) is 10.9 Å². The van der Waals surface area contributed by atoms with Crippen molar-refractivity contribution in [2.75, 3.05) is 10.6 Å². The van der Waals surface area contributed by atoms with E-state index in [0.717, 1.165) is 28.2 Å². The van der Waals surface area contributed by atoms with Gasteiger partial charge in [-0.25, -0.2) is 0 Å². The maximum absolute atomic E-state index is 11.0. The molecule has 0 spiro atoms. The van der Waals surface area contributed by atoms with E-state index in [4.69, 9.17) is 18.0 Å². The van der Waals surface area contributed by atoms with Crippen LogP contribution in [0.25, 0.3) is 0 Å². The first kappa shape index (κ1) is 15.0. The zero-order valence-electron chi connectivity index (χ0n) is 11.9. The number of benzene rings is 2. The van der Waals surface area contributed by atoms with Crippen LogP contribution in [0.3, 0.4) is 0 Å². The minimum Gasteiger partial charge on any atom is -0.389 e. The second-order valence-electron chi connectivity index (χ2n) is 4.80. The van der Waals surface area contributed by atoms with Crippen molar-refractivity contribution in [3.05, 3.63) is 53.6 Å². The summed E-state index contributed by atoms with van der Waals surface area (Å²) in [6.07, 6.45) is 0. The smallest absolute Gasteiger partial charge is 0.221 e. The number of rotatable bonds is 4. The first-order chi connectivity index (χ1) is 9.95. The molecule has 4 N–H and O–H groups in total. The zero-order valence-corrected chi connectivity index (χ0v) is 12.8. The number of carbonyl (C=O) groups excluding carboxylic acids is 1. The van der Waals surface area contributed by atoms with Crippen LogP contribution < -0.4 is 16.4 Å². The molecule has 0 aliphatic rings. The molecule has 2 aromatic rings. The van der Waals surface area contributed by atoms with Crippen molar-refractivity contribution in [3.8, 4) is 0 Å². The highest BCUT2D eigenvalue weighted by Crippen LogP contribution is 2.23. The van der Waals surface area contributed by atoms with Crippen LogP contribution in [0.5, 0.6) is 0 Å². The maximum atomic E-state index is 11.0. The van der Waals surface area contributed by atoms with Crippen molar-refractivity contribution in [1.29, 1.82) is 0 Å². The summed E-state index contributed by atoms with van der Waals surface area (Å²) < 4.78 is 0. The SMILES string of the molecule is CC(=O)Nc1ccc(Nc2cc(C)ccc2C(N)=S)cc1. The molecule has 0 heterocycles. The Kier molecular flexibility index (Phi) is 4.55. The summed E-state index contributed by atoms with van der Waals surface area (Å²) in [5.41, 5.74) is 10.2. The molecule has 0 saturated heterocycles. The predicted molar refractivity (Wildman–Crippen MR) is 91.1 cm³/mol. The Balaban J connectivity index is 2.23. The molecule has 0 fully saturated rings. The molecule has 0 aromatic heterocycles. The van der Waals surface area contributed by atoms with Crippen molar-refractivity contribution in [1.82, 2.24) is 0 Å². The van der Waals surface area contributed by atoms with Gasteiger partial charge in [-0.1, -0.05) is 18.3 Å². The van der Waals surface area contributed by atoms with Crippen LogP contribution in [0.15, 0.2) is 42.5 Å². The Labute approximate surface area is 129 Å². The normalized spacial score (nSPS) is 10.0. The third-order valence-corrected chi connectivity index (χ3v) is 3.14. The summed E-state index contributed by atoms with van der Waals surface area (Å²) in [5.74, 6) is -0.0924. The van der Waals surface area contributed by atoms with E-state index < -0.39 is 0 Å². The summed E-state index contributed by atoms with van der Waals surface area (Å²) >= 11 is 5.07. The van der Waals surface area contributed by atoms with Crippen LogP contribution in [0.4, 0.5) is 17.1 Å². The van der Waals surface area contributed by atoms with Gasteiger partial charge in [0.2, 0.25) is 5.91 Å². The van der Waals surface area contributed by atoms with Crippen LogP contribution >= 0.6 is 12.2 Å². The summed E-state index contributed by atoms with van der Waals surface area (Å²) in [5, 5.41) is 6.02. The molecule has 0 aliphatic heterocycles. The van der Waals surface area contributed by atoms with Crippen molar-refractivity contribution in [2.45, 2.75) is 13.8 Å². The fourth-order valence-electron chi connectivity index (χ4n) is 1.97. The number of aryl methyl sites for hydroxylation is 1. The summed E-state index contributed by atoms with van der Waals surface area (Å²) in [7, 11) is 0. The molecule has 0 atom stereocenters. The number of hydrogen-bond donors (Lipinski definition) is 3. The highest BCUT2D eigenvalue weighted by Gasteiger charge is 2.06. The number of hydrogen-bond acceptors (Lipinski definition) is 3. The van der Waals surface area contributed by atoms with Gasteiger partial charge < -0.3 is 16.4 Å². The number of anilines is 3. The summed E-state index contributed by atoms with van der Waals surface area (Å²) in [4.78, 5) is 11.3. The lowest BCUT2D eigenvalue weighted by molar-refractivity contribution is -0.114. The molecule has 4 nitrogen and oxygen atoms in total. The van der Waals surface area contributed by atoms with Gasteiger partial charge in [-0.15, -0.1) is 0 Å². The molecule has 0 radical (unpaired) electrons. The van der Waals surface area contributed by atoms with Crippen molar-refractivity contribution in [2.24, 2.45) is 5.73 Å². The van der Waals surface area contributed by atoms with Crippen LogP contribution in [0.2, 0.25) is 0 Å². The Morgan fingerprint density at radius 1 is 1.10 bits per heavy atom. The maximum Gasteiger partial charge on any atom is 0.221 e. The summed E-state index contributed by atoms with van der Waals surface area (Å²) in [6.45, 7) is 3.49. The lowest BCUT2D eigenvalue weighted by Crippen LogP contribution is -2.12. The molecule has 2 aromatic carbocycles. The van der Waals surface area contributed by atoms with E-state index in [-0.39, 0.29) is 5.91 Å². The molecule has 0 saturated carbocycles. The van der Waals surface area contributed by atoms with Gasteiger partial charge in [-0.3, -0.25) is 4.79 Å². The van der Waals surface area contributed by atoms with Crippen LogP contribution in [-0.2, 0) is 4.79 Å². The number of carbonyl (C=O) groups is 1. The van der Waals surface area contributed by atoms with E-state index in [1.54, 1.807) is 0 Å². The van der Waals surface area contributed by atoms with E-state index in [2.05, 4.69) is 10.6 Å². The fraction of sp³-hybridized carbons (Fsp3) is 0.125. The Hall–Kier alpha value is -2.40. The monoisotopic (exact) mass is 299 g/mol. The molecule has 1 amide bonds. The second-order valence-corrected chi connectivity index (χ2v) is 5.24. The molecule has 5 heteroatoms. The third kappa shape index (κ3) is 4.03. The molecule has 21 heavy (non-hydrogen) atoms. The van der Waals surface area contributed by atoms with Gasteiger partial charge in [-0.2, -0.15) is 0 Å². The lowest BCUT2D eigenvalue weighted by atomic mass is 10.1. The molecule has 108 valence electrons. The Morgan fingerprint density at radius 2 is 1.71 bits per heavy atom. The minimum atomic E-state index is -0.0924. The first-order valence-corrected chi connectivity index (χ1v) is 6.91. The number of amides is 1. The standard InChI is InChI=1S/C16H17N3OS/c1-10-3-8-14(16(17)21)15(9-10)19-13-6-4-12(5-7-13)18-11(2)20/h3-9,19H,1-2H3,(H2,17,21)(H,18,20). The van der Waals surface area contributed by atoms with Gasteiger partial charge >= 0.3 is 0 Å². The van der Waals surface area contributed by atoms with Crippen molar-refractivity contribution < 1.29 is 4.79 Å². The summed E-state index contributed by atoms with van der Waals surface area (Å²) in [6, 6.07) is 13.3. The first-order valence-electron chi connectivity index (χ1n) is 6.51. The van der Waals surface area contributed by atoms with Crippen LogP contribution in [0, 0.1) is 6.92 Å². The minimum absolute atomic E-state index is 0.0924. The van der Waals surface area contributed by atoms with Gasteiger partial charge in [0, 0.05) is 29.5 Å². The predicted octanol–water partition coefficient (Wildman–Crippen LogP) is 3.33. The van der Waals surface area contributed by atoms with Gasteiger partial charge in [-0.05, 0) is 48.9 Å². The largest absolute Gasteiger partial charge is 0.389 e. The van der Waals surface area contributed by atoms with Gasteiger partial charge in [0.15, 0.2) is 0 Å². The van der Waals surface area contributed by atoms with E-state index in [1.165, 1.54) is 6.92 Å². The molecule has 0 aliphatic carbocycles. The van der Waals surface area contributed by atoms with Gasteiger partial charge in [0.25, 0.3) is 0 Å². The lowest BCUT2D eigenvalue weighted by Gasteiger charge is -2.13. The van der Waals surface area contributed by atoms with Crippen LogP contribution in [0.1, 0.15) is 18.1 Å². The average Bonchev–Trinajstić information content (AvgIpc) is 2.40. The van der Waals surface area contributed by atoms with Gasteiger partial charge in [0.05, 0.1) is 0 Å². The molecular formula is C16H17N3OS. The second kappa shape index (κ2) is 6.37. The molecular weight excluding hydrogens is 282 g/mol. The molecule has 0 bridgehead atoms. The molecule has 2 rings (SSSR count). The molecule has 0 unspecified atom stereocenters. The highest BCUT2D eigenvalue weighted by molar-refractivity contribution is 7.80. The topological polar surface area (TPSA) is 67.2 Å². The number of nitrogens with two attached hydrogens (primary N) is 1. The fourth-order valence-corrected chi connectivity index (χ4v) is 2.15. The van der Waals surface area contributed by atoms with E-state index in [1.807, 2.05) is 49.4 Å². The Morgan fingerprint density at radius 3 is 2.29 bits per heavy atom. The highest BCUT2D eigenvalue weighted by atomic mass is 32.1. The third-order valence-electron chi connectivity index (χ3n) is 2.92. The Bertz CT molecular complexity index is 680. The van der Waals surface area contributed by atoms with E-state index in [0.29, 0.717) is 4.99 Å². The number of thiocarbonyl (C=S) groups is 1. The van der Waals surface area contributed by atoms with E-state index in [9.17, 15) is 4.79 Å². The van der Waals surface area contributed by atoms with Crippen molar-refractivity contribution >= 4 is 40.2 Å². The number of nitrogens with one attached hydrogen (secondary N) is 2.